The van der Waals surface area contributed by atoms with Gasteiger partial charge in [0.15, 0.2) is 6.61 Å². The van der Waals surface area contributed by atoms with E-state index in [0.29, 0.717) is 36.5 Å². The number of ketones is 1. The maximum absolute atomic E-state index is 13.1. The van der Waals surface area contributed by atoms with Crippen molar-refractivity contribution in [3.63, 3.8) is 0 Å². The second-order valence-electron chi connectivity index (χ2n) is 12.2. The Morgan fingerprint density at radius 3 is 2.04 bits per heavy atom. The van der Waals surface area contributed by atoms with E-state index in [-0.39, 0.29) is 53.5 Å². The van der Waals surface area contributed by atoms with Crippen molar-refractivity contribution in [2.75, 3.05) is 19.8 Å². The number of pyridine rings is 2. The number of ether oxygens (including phenoxy) is 2. The SMILES string of the molecule is CCc1ccc([C@H](O)COc2ccc(CC3SC(=O)N(CCc4ccc(C(=O)COc5ccc(CC6SC(=O)NC6=O)cc5)nc4)C3=O)cc2)nc1. The first-order valence-corrected chi connectivity index (χ1v) is 18.5. The van der Waals surface area contributed by atoms with Crippen molar-refractivity contribution < 1.29 is 38.6 Å². The number of aromatic nitrogens is 2. The third-order valence-electron chi connectivity index (χ3n) is 8.57. The van der Waals surface area contributed by atoms with Crippen LogP contribution >= 0.6 is 23.5 Å². The van der Waals surface area contributed by atoms with Crippen LogP contribution in [-0.2, 0) is 35.3 Å². The van der Waals surface area contributed by atoms with Crippen LogP contribution in [0.1, 0.15) is 51.5 Å². The topological polar surface area (TPSA) is 165 Å². The number of thioether (sulfide) groups is 2. The molecule has 0 aliphatic carbocycles. The van der Waals surface area contributed by atoms with Gasteiger partial charge in [0, 0.05) is 18.9 Å². The first-order chi connectivity index (χ1) is 25.1. The Morgan fingerprint density at radius 1 is 0.808 bits per heavy atom. The quantitative estimate of drug-likeness (QED) is 0.145. The molecular formula is C38H36N4O8S2. The summed E-state index contributed by atoms with van der Waals surface area (Å²) in [5, 5.41) is 11.1. The molecule has 2 saturated heterocycles. The average Bonchev–Trinajstić information content (AvgIpc) is 3.62. The van der Waals surface area contributed by atoms with Crippen molar-refractivity contribution in [3.8, 4) is 11.5 Å². The molecule has 2 N–H and O–H groups in total. The summed E-state index contributed by atoms with van der Waals surface area (Å²) in [5.74, 6) is 0.193. The number of benzene rings is 2. The van der Waals surface area contributed by atoms with E-state index in [1.54, 1.807) is 67.0 Å². The molecule has 0 bridgehead atoms. The van der Waals surface area contributed by atoms with Crippen LogP contribution in [0.15, 0.2) is 85.2 Å². The van der Waals surface area contributed by atoms with E-state index in [1.165, 1.54) is 4.90 Å². The maximum atomic E-state index is 13.1. The fourth-order valence-corrected chi connectivity index (χ4v) is 7.45. The molecule has 0 radical (unpaired) electrons. The fraction of sp³-hybridized carbons (Fsp3) is 0.289. The number of carbonyl (C=O) groups is 5. The van der Waals surface area contributed by atoms with Crippen LogP contribution in [0.5, 0.6) is 11.5 Å². The lowest BCUT2D eigenvalue weighted by molar-refractivity contribution is -0.126. The van der Waals surface area contributed by atoms with Crippen LogP contribution in [0, 0.1) is 0 Å². The van der Waals surface area contributed by atoms with Gasteiger partial charge in [0.2, 0.25) is 17.6 Å². The third-order valence-corrected chi connectivity index (χ3v) is 10.6. The summed E-state index contributed by atoms with van der Waals surface area (Å²) in [7, 11) is 0. The molecule has 4 amide bonds. The van der Waals surface area contributed by atoms with Crippen LogP contribution in [0.3, 0.4) is 0 Å². The van der Waals surface area contributed by atoms with Crippen molar-refractivity contribution in [1.82, 2.24) is 20.2 Å². The Morgan fingerprint density at radius 2 is 1.44 bits per heavy atom. The number of aliphatic hydroxyl groups excluding tert-OH is 1. The summed E-state index contributed by atoms with van der Waals surface area (Å²) in [5.41, 5.74) is 4.37. The molecule has 2 aliphatic heterocycles. The molecule has 0 spiro atoms. The predicted octanol–water partition coefficient (Wildman–Crippen LogP) is 5.16. The molecule has 268 valence electrons. The molecule has 2 unspecified atom stereocenters. The Bertz CT molecular complexity index is 1920. The zero-order valence-corrected chi connectivity index (χ0v) is 29.9. The Hall–Kier alpha value is -5.05. The predicted molar refractivity (Wildman–Crippen MR) is 196 cm³/mol. The molecule has 2 aromatic carbocycles. The van der Waals surface area contributed by atoms with Crippen LogP contribution in [0.25, 0.3) is 0 Å². The number of hydrogen-bond acceptors (Lipinski definition) is 12. The highest BCUT2D eigenvalue weighted by Crippen LogP contribution is 2.30. The van der Waals surface area contributed by atoms with Gasteiger partial charge in [-0.05, 0) is 84.3 Å². The maximum Gasteiger partial charge on any atom is 0.289 e. The van der Waals surface area contributed by atoms with E-state index >= 15 is 0 Å². The number of rotatable bonds is 16. The minimum absolute atomic E-state index is 0.0489. The van der Waals surface area contributed by atoms with Gasteiger partial charge in [-0.3, -0.25) is 44.2 Å². The second kappa shape index (κ2) is 17.0. The number of aryl methyl sites for hydroxylation is 1. The second-order valence-corrected chi connectivity index (χ2v) is 14.6. The summed E-state index contributed by atoms with van der Waals surface area (Å²) < 4.78 is 11.4. The third kappa shape index (κ3) is 9.43. The molecule has 2 aromatic heterocycles. The molecule has 3 atom stereocenters. The highest BCUT2D eigenvalue weighted by atomic mass is 32.2. The number of Topliss-reactive ketones (excluding diaryl/α,β-unsaturated/α-hetero) is 1. The van der Waals surface area contributed by atoms with Crippen LogP contribution < -0.4 is 14.8 Å². The van der Waals surface area contributed by atoms with Gasteiger partial charge in [-0.15, -0.1) is 0 Å². The van der Waals surface area contributed by atoms with Gasteiger partial charge in [0.05, 0.1) is 16.2 Å². The van der Waals surface area contributed by atoms with Gasteiger partial charge in [0.1, 0.15) is 29.9 Å². The first-order valence-electron chi connectivity index (χ1n) is 16.7. The minimum Gasteiger partial charge on any atom is -0.490 e. The van der Waals surface area contributed by atoms with Gasteiger partial charge in [-0.1, -0.05) is 66.8 Å². The Balaban J connectivity index is 0.920. The van der Waals surface area contributed by atoms with Gasteiger partial charge < -0.3 is 14.6 Å². The van der Waals surface area contributed by atoms with Crippen molar-refractivity contribution >= 4 is 51.6 Å². The lowest BCUT2D eigenvalue weighted by atomic mass is 10.1. The molecule has 2 aliphatic rings. The molecule has 0 saturated carbocycles. The molecule has 12 nitrogen and oxygen atoms in total. The average molecular weight is 741 g/mol. The zero-order valence-electron chi connectivity index (χ0n) is 28.2. The Labute approximate surface area is 308 Å². The van der Waals surface area contributed by atoms with Crippen molar-refractivity contribution in [2.45, 2.75) is 49.2 Å². The number of imide groups is 2. The monoisotopic (exact) mass is 740 g/mol. The fourth-order valence-electron chi connectivity index (χ4n) is 5.53. The lowest BCUT2D eigenvalue weighted by Gasteiger charge is -2.14. The number of hydrogen-bond donors (Lipinski definition) is 2. The molecule has 52 heavy (non-hydrogen) atoms. The van der Waals surface area contributed by atoms with Gasteiger partial charge in [0.25, 0.3) is 10.5 Å². The minimum atomic E-state index is -0.863. The number of nitrogens with zero attached hydrogens (tertiary/aromatic N) is 3. The van der Waals surface area contributed by atoms with Crippen LogP contribution in [-0.4, -0.2) is 78.3 Å². The van der Waals surface area contributed by atoms with Crippen LogP contribution in [0.4, 0.5) is 9.59 Å². The first kappa shape index (κ1) is 36.7. The van der Waals surface area contributed by atoms with E-state index in [1.807, 2.05) is 25.1 Å². The van der Waals surface area contributed by atoms with E-state index in [9.17, 15) is 29.1 Å². The molecule has 6 rings (SSSR count). The lowest BCUT2D eigenvalue weighted by Crippen LogP contribution is -2.33. The highest BCUT2D eigenvalue weighted by molar-refractivity contribution is 8.15. The Kier molecular flexibility index (Phi) is 12.0. The molecular weight excluding hydrogens is 705 g/mol. The van der Waals surface area contributed by atoms with Crippen LogP contribution in [0.2, 0.25) is 0 Å². The largest absolute Gasteiger partial charge is 0.490 e. The molecule has 4 heterocycles. The standard InChI is InChI=1S/C38H36N4O8S2/c1-2-23-7-13-29(39-19-23)31(43)21-49-28-11-5-25(6-12-28)18-34-36(46)42(38(48)52-34)16-15-26-8-14-30(40-20-26)32(44)22-50-27-9-3-24(4-10-27)17-33-35(45)41-37(47)51-33/h3-14,19-20,31,33-34,43H,2,15-18,21-22H2,1H3,(H,41,45,47)/t31-,33?,34?/m1/s1. The highest BCUT2D eigenvalue weighted by Gasteiger charge is 2.39. The molecule has 14 heteroatoms. The van der Waals surface area contributed by atoms with Crippen molar-refractivity contribution in [2.24, 2.45) is 0 Å². The number of aliphatic hydroxyl groups is 1. The van der Waals surface area contributed by atoms with Crippen molar-refractivity contribution in [1.29, 1.82) is 0 Å². The summed E-state index contributed by atoms with van der Waals surface area (Å²) in [6.07, 6.45) is 4.49. The summed E-state index contributed by atoms with van der Waals surface area (Å²) in [6.45, 7) is 2.06. The van der Waals surface area contributed by atoms with Gasteiger partial charge in [-0.25, -0.2) is 0 Å². The van der Waals surface area contributed by atoms with Gasteiger partial charge in [-0.2, -0.15) is 0 Å². The van der Waals surface area contributed by atoms with E-state index in [0.717, 1.165) is 52.2 Å². The van der Waals surface area contributed by atoms with E-state index in [4.69, 9.17) is 9.47 Å². The summed E-state index contributed by atoms with van der Waals surface area (Å²) in [4.78, 5) is 71.5. The molecule has 2 fully saturated rings. The smallest absolute Gasteiger partial charge is 0.289 e. The van der Waals surface area contributed by atoms with E-state index in [2.05, 4.69) is 15.3 Å². The number of amides is 4. The zero-order chi connectivity index (χ0) is 36.6. The number of nitrogens with one attached hydrogen (secondary N) is 1. The normalized spacial score (nSPS) is 17.7. The number of carbonyl (C=O) groups excluding carboxylic acids is 5. The summed E-state index contributed by atoms with van der Waals surface area (Å²) >= 11 is 1.98. The van der Waals surface area contributed by atoms with E-state index < -0.39 is 16.6 Å². The summed E-state index contributed by atoms with van der Waals surface area (Å²) in [6, 6.07) is 21.3. The van der Waals surface area contributed by atoms with Crippen molar-refractivity contribution in [3.05, 3.63) is 119 Å². The molecule has 4 aromatic rings. The van der Waals surface area contributed by atoms with Gasteiger partial charge >= 0.3 is 0 Å².